The molecule has 100 valence electrons. The summed E-state index contributed by atoms with van der Waals surface area (Å²) in [4.78, 5) is 12.2. The van der Waals surface area contributed by atoms with E-state index in [4.69, 9.17) is 4.74 Å². The molecule has 0 radical (unpaired) electrons. The average molecular weight is 252 g/mol. The zero-order valence-electron chi connectivity index (χ0n) is 11.3. The van der Waals surface area contributed by atoms with Crippen molar-refractivity contribution < 1.29 is 13.9 Å². The maximum atomic E-state index is 13.8. The van der Waals surface area contributed by atoms with Crippen molar-refractivity contribution in [2.75, 3.05) is 7.11 Å². The van der Waals surface area contributed by atoms with E-state index < -0.39 is 5.82 Å². The topological polar surface area (TPSA) is 26.3 Å². The Labute approximate surface area is 108 Å². The summed E-state index contributed by atoms with van der Waals surface area (Å²) >= 11 is 0. The number of ether oxygens (including phenoxy) is 1. The summed E-state index contributed by atoms with van der Waals surface area (Å²) < 4.78 is 18.7. The minimum absolute atomic E-state index is 0.0761. The third kappa shape index (κ3) is 3.56. The van der Waals surface area contributed by atoms with Crippen molar-refractivity contribution in [3.05, 3.63) is 29.6 Å². The maximum absolute atomic E-state index is 13.8. The fourth-order valence-corrected chi connectivity index (χ4v) is 2.01. The second-order valence-corrected chi connectivity index (χ2v) is 4.46. The monoisotopic (exact) mass is 252 g/mol. The predicted octanol–water partition coefficient (Wildman–Crippen LogP) is 4.23. The fraction of sp³-hybridized carbons (Fsp3) is 0.533. The molecule has 2 nitrogen and oxygen atoms in total. The van der Waals surface area contributed by atoms with Gasteiger partial charge < -0.3 is 4.74 Å². The first kappa shape index (κ1) is 14.7. The number of methoxy groups -OCH3 is 1. The van der Waals surface area contributed by atoms with Crippen molar-refractivity contribution in [1.29, 1.82) is 0 Å². The standard InChI is InChI=1S/C15H21FO2/c1-4-6-7-11(5-2)15(17)13-9-8-12(18-3)10-14(13)16/h8-11H,4-7H2,1-3H3. The molecule has 0 saturated heterocycles. The normalized spacial score (nSPS) is 12.2. The van der Waals surface area contributed by atoms with Crippen LogP contribution in [0.25, 0.3) is 0 Å². The molecule has 1 aromatic rings. The third-order valence-electron chi connectivity index (χ3n) is 3.21. The quantitative estimate of drug-likeness (QED) is 0.679. The fourth-order valence-electron chi connectivity index (χ4n) is 2.01. The molecule has 18 heavy (non-hydrogen) atoms. The summed E-state index contributed by atoms with van der Waals surface area (Å²) in [5.41, 5.74) is 0.179. The third-order valence-corrected chi connectivity index (χ3v) is 3.21. The molecule has 0 bridgehead atoms. The molecule has 1 aromatic carbocycles. The number of carbonyl (C=O) groups excluding carboxylic acids is 1. The van der Waals surface area contributed by atoms with E-state index in [1.54, 1.807) is 6.07 Å². The summed E-state index contributed by atoms with van der Waals surface area (Å²) in [7, 11) is 1.48. The van der Waals surface area contributed by atoms with E-state index in [0.29, 0.717) is 5.75 Å². The molecule has 0 N–H and O–H groups in total. The number of ketones is 1. The Morgan fingerprint density at radius 3 is 2.61 bits per heavy atom. The highest BCUT2D eigenvalue weighted by molar-refractivity contribution is 5.98. The highest BCUT2D eigenvalue weighted by Crippen LogP contribution is 2.23. The number of Topliss-reactive ketones (excluding diaryl/α,β-unsaturated/α-hetero) is 1. The van der Waals surface area contributed by atoms with Gasteiger partial charge >= 0.3 is 0 Å². The van der Waals surface area contributed by atoms with Gasteiger partial charge in [0.1, 0.15) is 11.6 Å². The van der Waals surface area contributed by atoms with Crippen LogP contribution >= 0.6 is 0 Å². The van der Waals surface area contributed by atoms with Crippen molar-refractivity contribution in [2.45, 2.75) is 39.5 Å². The number of hydrogen-bond donors (Lipinski definition) is 0. The zero-order chi connectivity index (χ0) is 13.5. The number of rotatable bonds is 7. The first-order valence-corrected chi connectivity index (χ1v) is 6.51. The molecule has 0 fully saturated rings. The molecular weight excluding hydrogens is 231 g/mol. The smallest absolute Gasteiger partial charge is 0.168 e. The Bertz CT molecular complexity index is 401. The summed E-state index contributed by atoms with van der Waals surface area (Å²) in [5, 5.41) is 0. The van der Waals surface area contributed by atoms with E-state index in [2.05, 4.69) is 6.92 Å². The van der Waals surface area contributed by atoms with Gasteiger partial charge in [-0.05, 0) is 25.0 Å². The Morgan fingerprint density at radius 2 is 2.11 bits per heavy atom. The van der Waals surface area contributed by atoms with E-state index in [1.165, 1.54) is 19.2 Å². The minimum atomic E-state index is -0.491. The lowest BCUT2D eigenvalue weighted by Crippen LogP contribution is -2.15. The van der Waals surface area contributed by atoms with Crippen LogP contribution in [0.15, 0.2) is 18.2 Å². The first-order valence-electron chi connectivity index (χ1n) is 6.51. The van der Waals surface area contributed by atoms with Crippen LogP contribution in [0, 0.1) is 11.7 Å². The minimum Gasteiger partial charge on any atom is -0.497 e. The second-order valence-electron chi connectivity index (χ2n) is 4.46. The zero-order valence-corrected chi connectivity index (χ0v) is 11.3. The van der Waals surface area contributed by atoms with Gasteiger partial charge in [-0.1, -0.05) is 26.7 Å². The van der Waals surface area contributed by atoms with E-state index >= 15 is 0 Å². The van der Waals surface area contributed by atoms with Crippen LogP contribution in [0.2, 0.25) is 0 Å². The highest BCUT2D eigenvalue weighted by atomic mass is 19.1. The lowest BCUT2D eigenvalue weighted by atomic mass is 9.90. The van der Waals surface area contributed by atoms with Gasteiger partial charge in [0, 0.05) is 12.0 Å². The molecule has 0 aliphatic rings. The van der Waals surface area contributed by atoms with E-state index in [-0.39, 0.29) is 17.3 Å². The largest absolute Gasteiger partial charge is 0.497 e. The predicted molar refractivity (Wildman–Crippen MR) is 70.6 cm³/mol. The van der Waals surface area contributed by atoms with Crippen molar-refractivity contribution in [2.24, 2.45) is 5.92 Å². The Kier molecular flexibility index (Phi) is 5.83. The van der Waals surface area contributed by atoms with Crippen molar-refractivity contribution in [3.8, 4) is 5.75 Å². The Hall–Kier alpha value is -1.38. The van der Waals surface area contributed by atoms with Gasteiger partial charge in [0.2, 0.25) is 0 Å². The van der Waals surface area contributed by atoms with Crippen molar-refractivity contribution in [1.82, 2.24) is 0 Å². The Balaban J connectivity index is 2.87. The van der Waals surface area contributed by atoms with E-state index in [9.17, 15) is 9.18 Å². The molecule has 0 aliphatic carbocycles. The number of halogens is 1. The molecule has 3 heteroatoms. The number of carbonyl (C=O) groups is 1. The van der Waals surface area contributed by atoms with E-state index in [0.717, 1.165) is 25.7 Å². The molecule has 0 heterocycles. The molecule has 0 aromatic heterocycles. The van der Waals surface area contributed by atoms with Gasteiger partial charge in [0.05, 0.1) is 12.7 Å². The van der Waals surface area contributed by atoms with Gasteiger partial charge in [-0.15, -0.1) is 0 Å². The second kappa shape index (κ2) is 7.14. The molecule has 0 spiro atoms. The molecule has 0 saturated carbocycles. The lowest BCUT2D eigenvalue weighted by Gasteiger charge is -2.14. The van der Waals surface area contributed by atoms with Crippen LogP contribution in [0.4, 0.5) is 4.39 Å². The Morgan fingerprint density at radius 1 is 1.39 bits per heavy atom. The van der Waals surface area contributed by atoms with Gasteiger partial charge in [-0.25, -0.2) is 4.39 Å². The molecular formula is C15H21FO2. The van der Waals surface area contributed by atoms with Crippen molar-refractivity contribution >= 4 is 5.78 Å². The van der Waals surface area contributed by atoms with Crippen molar-refractivity contribution in [3.63, 3.8) is 0 Å². The van der Waals surface area contributed by atoms with Crippen LogP contribution in [0.5, 0.6) is 5.75 Å². The van der Waals surface area contributed by atoms with Gasteiger partial charge in [0.15, 0.2) is 5.78 Å². The number of benzene rings is 1. The number of hydrogen-bond acceptors (Lipinski definition) is 2. The highest BCUT2D eigenvalue weighted by Gasteiger charge is 2.21. The molecule has 1 rings (SSSR count). The molecule has 0 aliphatic heterocycles. The van der Waals surface area contributed by atoms with Crippen LogP contribution in [0.1, 0.15) is 49.9 Å². The van der Waals surface area contributed by atoms with Crippen LogP contribution in [0.3, 0.4) is 0 Å². The maximum Gasteiger partial charge on any atom is 0.168 e. The summed E-state index contributed by atoms with van der Waals surface area (Å²) in [6.07, 6.45) is 3.64. The summed E-state index contributed by atoms with van der Waals surface area (Å²) in [6, 6.07) is 4.41. The molecule has 0 amide bonds. The number of unbranched alkanes of at least 4 members (excludes halogenated alkanes) is 1. The average Bonchev–Trinajstić information content (AvgIpc) is 2.39. The van der Waals surface area contributed by atoms with Gasteiger partial charge in [0.25, 0.3) is 0 Å². The van der Waals surface area contributed by atoms with Crippen LogP contribution < -0.4 is 4.74 Å². The SMILES string of the molecule is CCCCC(CC)C(=O)c1ccc(OC)cc1F. The summed E-state index contributed by atoms with van der Waals surface area (Å²) in [6.45, 7) is 4.06. The summed E-state index contributed by atoms with van der Waals surface area (Å²) in [5.74, 6) is -0.223. The van der Waals surface area contributed by atoms with Crippen LogP contribution in [-0.4, -0.2) is 12.9 Å². The first-order chi connectivity index (χ1) is 8.63. The van der Waals surface area contributed by atoms with Crippen LogP contribution in [-0.2, 0) is 0 Å². The molecule has 1 atom stereocenters. The van der Waals surface area contributed by atoms with Gasteiger partial charge in [-0.2, -0.15) is 0 Å². The van der Waals surface area contributed by atoms with Gasteiger partial charge in [-0.3, -0.25) is 4.79 Å². The molecule has 1 unspecified atom stereocenters. The lowest BCUT2D eigenvalue weighted by molar-refractivity contribution is 0.0904. The van der Waals surface area contributed by atoms with E-state index in [1.807, 2.05) is 6.92 Å².